The standard InChI is InChI=1S/C16H24N4O2/c1-12-18-14-9-13(5-6-15(14)20(12)3)10-17-16(21)11-19(2)7-8-22-4/h5-6,9H,7-8,10-11H2,1-4H3,(H,17,21). The molecule has 120 valence electrons. The molecule has 0 atom stereocenters. The molecular weight excluding hydrogens is 280 g/mol. The molecule has 0 spiro atoms. The third-order valence-corrected chi connectivity index (χ3v) is 3.75. The number of fused-ring (bicyclic) bond motifs is 1. The number of aryl methyl sites for hydroxylation is 2. The first-order chi connectivity index (χ1) is 10.5. The Morgan fingerprint density at radius 2 is 2.23 bits per heavy atom. The molecule has 1 N–H and O–H groups in total. The van der Waals surface area contributed by atoms with Crippen LogP contribution in [0.1, 0.15) is 11.4 Å². The van der Waals surface area contributed by atoms with Crippen molar-refractivity contribution in [1.29, 1.82) is 0 Å². The molecule has 0 fully saturated rings. The highest BCUT2D eigenvalue weighted by atomic mass is 16.5. The summed E-state index contributed by atoms with van der Waals surface area (Å²) in [6.45, 7) is 4.23. The van der Waals surface area contributed by atoms with Crippen LogP contribution in [0.15, 0.2) is 18.2 Å². The average molecular weight is 304 g/mol. The van der Waals surface area contributed by atoms with Gasteiger partial charge >= 0.3 is 0 Å². The van der Waals surface area contributed by atoms with Crippen LogP contribution in [0.5, 0.6) is 0 Å². The molecule has 0 saturated carbocycles. The zero-order chi connectivity index (χ0) is 16.1. The number of rotatable bonds is 7. The minimum Gasteiger partial charge on any atom is -0.383 e. The number of ether oxygens (including phenoxy) is 1. The SMILES string of the molecule is COCCN(C)CC(=O)NCc1ccc2c(c1)nc(C)n2C. The fourth-order valence-corrected chi connectivity index (χ4v) is 2.30. The summed E-state index contributed by atoms with van der Waals surface area (Å²) in [5.41, 5.74) is 3.12. The first kappa shape index (κ1) is 16.5. The molecule has 1 heterocycles. The summed E-state index contributed by atoms with van der Waals surface area (Å²) >= 11 is 0. The molecule has 0 saturated heterocycles. The van der Waals surface area contributed by atoms with Crippen LogP contribution in [-0.2, 0) is 23.1 Å². The number of nitrogens with one attached hydrogen (secondary N) is 1. The number of benzene rings is 1. The number of carbonyl (C=O) groups excluding carboxylic acids is 1. The van der Waals surface area contributed by atoms with Gasteiger partial charge in [-0.25, -0.2) is 4.98 Å². The Bertz CT molecular complexity index is 651. The van der Waals surface area contributed by atoms with E-state index in [-0.39, 0.29) is 5.91 Å². The van der Waals surface area contributed by atoms with Crippen LogP contribution in [0.25, 0.3) is 11.0 Å². The molecule has 2 rings (SSSR count). The van der Waals surface area contributed by atoms with E-state index >= 15 is 0 Å². The van der Waals surface area contributed by atoms with E-state index < -0.39 is 0 Å². The van der Waals surface area contributed by atoms with Crippen molar-refractivity contribution in [1.82, 2.24) is 19.8 Å². The van der Waals surface area contributed by atoms with Gasteiger partial charge in [-0.05, 0) is 31.7 Å². The van der Waals surface area contributed by atoms with E-state index in [1.165, 1.54) is 0 Å². The zero-order valence-corrected chi connectivity index (χ0v) is 13.7. The van der Waals surface area contributed by atoms with Crippen molar-refractivity contribution in [3.05, 3.63) is 29.6 Å². The van der Waals surface area contributed by atoms with Crippen molar-refractivity contribution in [3.8, 4) is 0 Å². The largest absolute Gasteiger partial charge is 0.383 e. The number of hydrogen-bond donors (Lipinski definition) is 1. The summed E-state index contributed by atoms with van der Waals surface area (Å²) in [5.74, 6) is 0.992. The highest BCUT2D eigenvalue weighted by Crippen LogP contribution is 2.16. The summed E-state index contributed by atoms with van der Waals surface area (Å²) in [7, 11) is 5.56. The fraction of sp³-hybridized carbons (Fsp3) is 0.500. The van der Waals surface area contributed by atoms with Crippen molar-refractivity contribution in [2.24, 2.45) is 7.05 Å². The second-order valence-electron chi connectivity index (χ2n) is 5.55. The summed E-state index contributed by atoms with van der Waals surface area (Å²) in [5, 5.41) is 2.94. The van der Waals surface area contributed by atoms with Gasteiger partial charge in [0.2, 0.25) is 5.91 Å². The maximum Gasteiger partial charge on any atom is 0.234 e. The van der Waals surface area contributed by atoms with Crippen LogP contribution in [-0.4, -0.2) is 54.2 Å². The Kier molecular flexibility index (Phi) is 5.51. The van der Waals surface area contributed by atoms with Crippen molar-refractivity contribution < 1.29 is 9.53 Å². The molecule has 6 heteroatoms. The lowest BCUT2D eigenvalue weighted by Gasteiger charge is -2.15. The lowest BCUT2D eigenvalue weighted by atomic mass is 10.2. The zero-order valence-electron chi connectivity index (χ0n) is 13.7. The third-order valence-electron chi connectivity index (χ3n) is 3.75. The Morgan fingerprint density at radius 3 is 2.95 bits per heavy atom. The van der Waals surface area contributed by atoms with Crippen LogP contribution in [0, 0.1) is 6.92 Å². The van der Waals surface area contributed by atoms with Crippen LogP contribution in [0.3, 0.4) is 0 Å². The number of aromatic nitrogens is 2. The molecule has 0 bridgehead atoms. The number of methoxy groups -OCH3 is 1. The fourth-order valence-electron chi connectivity index (χ4n) is 2.30. The first-order valence-electron chi connectivity index (χ1n) is 7.37. The lowest BCUT2D eigenvalue weighted by Crippen LogP contribution is -2.36. The van der Waals surface area contributed by atoms with Crippen LogP contribution < -0.4 is 5.32 Å². The van der Waals surface area contributed by atoms with E-state index in [2.05, 4.69) is 14.9 Å². The van der Waals surface area contributed by atoms with Gasteiger partial charge in [-0.15, -0.1) is 0 Å². The maximum atomic E-state index is 11.9. The molecule has 1 aromatic carbocycles. The highest BCUT2D eigenvalue weighted by molar-refractivity contribution is 5.79. The van der Waals surface area contributed by atoms with Crippen molar-refractivity contribution in [2.45, 2.75) is 13.5 Å². The van der Waals surface area contributed by atoms with E-state index in [4.69, 9.17) is 4.74 Å². The van der Waals surface area contributed by atoms with Gasteiger partial charge in [0.05, 0.1) is 24.2 Å². The van der Waals surface area contributed by atoms with E-state index in [0.717, 1.165) is 29.0 Å². The number of hydrogen-bond acceptors (Lipinski definition) is 4. The van der Waals surface area contributed by atoms with Gasteiger partial charge in [0.15, 0.2) is 0 Å². The topological polar surface area (TPSA) is 59.4 Å². The molecule has 0 aliphatic carbocycles. The normalized spacial score (nSPS) is 11.3. The highest BCUT2D eigenvalue weighted by Gasteiger charge is 2.08. The molecule has 1 amide bonds. The van der Waals surface area contributed by atoms with Gasteiger partial charge in [0, 0.05) is 27.2 Å². The Morgan fingerprint density at radius 1 is 1.45 bits per heavy atom. The van der Waals surface area contributed by atoms with Crippen LogP contribution in [0.4, 0.5) is 0 Å². The minimum absolute atomic E-state index is 0.0101. The third kappa shape index (κ3) is 4.05. The molecule has 0 radical (unpaired) electrons. The predicted molar refractivity (Wildman–Crippen MR) is 86.7 cm³/mol. The number of likely N-dealkylation sites (N-methyl/N-ethyl adjacent to an activating group) is 1. The monoisotopic (exact) mass is 304 g/mol. The van der Waals surface area contributed by atoms with Gasteiger partial charge < -0.3 is 14.6 Å². The lowest BCUT2D eigenvalue weighted by molar-refractivity contribution is -0.122. The minimum atomic E-state index is 0.0101. The van der Waals surface area contributed by atoms with Crippen molar-refractivity contribution in [3.63, 3.8) is 0 Å². The smallest absolute Gasteiger partial charge is 0.234 e. The molecule has 0 aliphatic rings. The number of amides is 1. The summed E-state index contributed by atoms with van der Waals surface area (Å²) in [4.78, 5) is 18.3. The van der Waals surface area contributed by atoms with E-state index in [0.29, 0.717) is 19.7 Å². The van der Waals surface area contributed by atoms with Gasteiger partial charge in [-0.2, -0.15) is 0 Å². The second-order valence-corrected chi connectivity index (χ2v) is 5.55. The quantitative estimate of drug-likeness (QED) is 0.831. The Hall–Kier alpha value is -1.92. The molecule has 0 aliphatic heterocycles. The molecular formula is C16H24N4O2. The molecule has 22 heavy (non-hydrogen) atoms. The Balaban J connectivity index is 1.90. The van der Waals surface area contributed by atoms with E-state index in [1.54, 1.807) is 7.11 Å². The number of nitrogens with zero attached hydrogens (tertiary/aromatic N) is 3. The summed E-state index contributed by atoms with van der Waals surface area (Å²) in [6.07, 6.45) is 0. The van der Waals surface area contributed by atoms with Gasteiger partial charge in [-0.1, -0.05) is 6.07 Å². The predicted octanol–water partition coefficient (Wildman–Crippen LogP) is 1.08. The van der Waals surface area contributed by atoms with Crippen LogP contribution >= 0.6 is 0 Å². The van der Waals surface area contributed by atoms with Crippen LogP contribution in [0.2, 0.25) is 0 Å². The summed E-state index contributed by atoms with van der Waals surface area (Å²) < 4.78 is 7.05. The molecule has 6 nitrogen and oxygen atoms in total. The van der Waals surface area contributed by atoms with Gasteiger partial charge in [-0.3, -0.25) is 9.69 Å². The van der Waals surface area contributed by atoms with Gasteiger partial charge in [0.1, 0.15) is 5.82 Å². The second kappa shape index (κ2) is 7.38. The average Bonchev–Trinajstić information content (AvgIpc) is 2.77. The molecule has 0 unspecified atom stereocenters. The number of carbonyl (C=O) groups is 1. The van der Waals surface area contributed by atoms with Crippen molar-refractivity contribution >= 4 is 16.9 Å². The van der Waals surface area contributed by atoms with E-state index in [9.17, 15) is 4.79 Å². The first-order valence-corrected chi connectivity index (χ1v) is 7.37. The Labute approximate surface area is 131 Å². The molecule has 1 aromatic heterocycles. The summed E-state index contributed by atoms with van der Waals surface area (Å²) in [6, 6.07) is 6.09. The van der Waals surface area contributed by atoms with Gasteiger partial charge in [0.25, 0.3) is 0 Å². The van der Waals surface area contributed by atoms with Crippen molar-refractivity contribution in [2.75, 3.05) is 33.9 Å². The number of imidazole rings is 1. The van der Waals surface area contributed by atoms with E-state index in [1.807, 2.05) is 44.1 Å². The molecule has 2 aromatic rings. The maximum absolute atomic E-state index is 11.9.